The van der Waals surface area contributed by atoms with Crippen LogP contribution in [0.2, 0.25) is 0 Å². The SMILES string of the molecule is CC(CNC(=O)C1CC2CCCCC2N1)Oc1ccc(F)cc1.Cl. The molecule has 0 bridgehead atoms. The molecule has 0 spiro atoms. The number of fused-ring (bicyclic) bond motifs is 1. The standard InChI is InChI=1S/C18H25FN2O2.ClH/c1-12(23-15-8-6-14(19)7-9-15)11-20-18(22)17-10-13-4-2-3-5-16(13)21-17;/h6-9,12-13,16-17,21H,2-5,10-11H2,1H3,(H,20,22);1H. The number of hydrogen-bond acceptors (Lipinski definition) is 3. The van der Waals surface area contributed by atoms with E-state index in [2.05, 4.69) is 10.6 Å². The van der Waals surface area contributed by atoms with Crippen molar-refractivity contribution < 1.29 is 13.9 Å². The summed E-state index contributed by atoms with van der Waals surface area (Å²) in [5.41, 5.74) is 0. The molecular weight excluding hydrogens is 331 g/mol. The summed E-state index contributed by atoms with van der Waals surface area (Å²) in [6, 6.07) is 6.37. The molecule has 1 aliphatic carbocycles. The van der Waals surface area contributed by atoms with Gasteiger partial charge in [0.15, 0.2) is 0 Å². The molecule has 2 N–H and O–H groups in total. The van der Waals surface area contributed by atoms with Gasteiger partial charge in [0.05, 0.1) is 12.6 Å². The highest BCUT2D eigenvalue weighted by atomic mass is 35.5. The Balaban J connectivity index is 0.00000208. The molecule has 2 aliphatic rings. The molecule has 1 saturated carbocycles. The van der Waals surface area contributed by atoms with E-state index in [1.165, 1.54) is 37.8 Å². The van der Waals surface area contributed by atoms with Gasteiger partial charge in [-0.25, -0.2) is 4.39 Å². The number of amides is 1. The van der Waals surface area contributed by atoms with Crippen molar-refractivity contribution >= 4 is 18.3 Å². The van der Waals surface area contributed by atoms with Crippen LogP contribution < -0.4 is 15.4 Å². The largest absolute Gasteiger partial charge is 0.489 e. The first-order valence-corrected chi connectivity index (χ1v) is 8.58. The van der Waals surface area contributed by atoms with Gasteiger partial charge in [-0.3, -0.25) is 4.79 Å². The van der Waals surface area contributed by atoms with Crippen molar-refractivity contribution in [3.63, 3.8) is 0 Å². The maximum Gasteiger partial charge on any atom is 0.237 e. The predicted molar refractivity (Wildman–Crippen MR) is 94.0 cm³/mol. The Kier molecular flexibility index (Phi) is 6.87. The average Bonchev–Trinajstić information content (AvgIpc) is 2.99. The van der Waals surface area contributed by atoms with Crippen molar-refractivity contribution in [2.75, 3.05) is 6.54 Å². The summed E-state index contributed by atoms with van der Waals surface area (Å²) in [5.74, 6) is 1.05. The van der Waals surface area contributed by atoms with E-state index in [0.29, 0.717) is 24.3 Å². The molecule has 0 aromatic heterocycles. The predicted octanol–water partition coefficient (Wildman–Crippen LogP) is 3.05. The van der Waals surface area contributed by atoms with Crippen LogP contribution in [0.1, 0.15) is 39.0 Å². The molecular formula is C18H26ClFN2O2. The van der Waals surface area contributed by atoms with Crippen LogP contribution in [0.5, 0.6) is 5.75 Å². The minimum atomic E-state index is -0.285. The summed E-state index contributed by atoms with van der Waals surface area (Å²) < 4.78 is 18.5. The lowest BCUT2D eigenvalue weighted by Gasteiger charge is -2.24. The first-order valence-electron chi connectivity index (χ1n) is 8.58. The second-order valence-electron chi connectivity index (χ2n) is 6.73. The van der Waals surface area contributed by atoms with E-state index in [1.54, 1.807) is 12.1 Å². The summed E-state index contributed by atoms with van der Waals surface area (Å²) >= 11 is 0. The Morgan fingerprint density at radius 2 is 2.04 bits per heavy atom. The molecule has 1 saturated heterocycles. The minimum Gasteiger partial charge on any atom is -0.489 e. The average molecular weight is 357 g/mol. The summed E-state index contributed by atoms with van der Waals surface area (Å²) in [6.45, 7) is 2.34. The van der Waals surface area contributed by atoms with Crippen LogP contribution in [-0.4, -0.2) is 30.6 Å². The lowest BCUT2D eigenvalue weighted by atomic mass is 9.85. The molecule has 4 unspecified atom stereocenters. The van der Waals surface area contributed by atoms with Crippen molar-refractivity contribution in [3.05, 3.63) is 30.1 Å². The third-order valence-corrected chi connectivity index (χ3v) is 4.89. The fraction of sp³-hybridized carbons (Fsp3) is 0.611. The van der Waals surface area contributed by atoms with Crippen molar-refractivity contribution in [2.24, 2.45) is 5.92 Å². The normalized spacial score (nSPS) is 26.8. The molecule has 4 nitrogen and oxygen atoms in total. The Bertz CT molecular complexity index is 526. The number of halogens is 2. The van der Waals surface area contributed by atoms with Crippen LogP contribution in [0, 0.1) is 11.7 Å². The highest BCUT2D eigenvalue weighted by Gasteiger charge is 2.38. The van der Waals surface area contributed by atoms with Crippen LogP contribution >= 0.6 is 12.4 Å². The van der Waals surface area contributed by atoms with Gasteiger partial charge in [0.2, 0.25) is 5.91 Å². The van der Waals surface area contributed by atoms with Gasteiger partial charge in [0, 0.05) is 6.04 Å². The summed E-state index contributed by atoms with van der Waals surface area (Å²) in [4.78, 5) is 12.3. The Hall–Kier alpha value is -1.33. The van der Waals surface area contributed by atoms with Gasteiger partial charge < -0.3 is 15.4 Å². The maximum atomic E-state index is 12.9. The smallest absolute Gasteiger partial charge is 0.237 e. The number of ether oxygens (including phenoxy) is 1. The zero-order valence-electron chi connectivity index (χ0n) is 14.0. The molecule has 1 heterocycles. The van der Waals surface area contributed by atoms with Gasteiger partial charge in [0.25, 0.3) is 0 Å². The van der Waals surface area contributed by atoms with Crippen molar-refractivity contribution in [1.82, 2.24) is 10.6 Å². The first kappa shape index (κ1) is 19.0. The van der Waals surface area contributed by atoms with E-state index in [9.17, 15) is 9.18 Å². The molecule has 1 aromatic carbocycles. The van der Waals surface area contributed by atoms with Gasteiger partial charge in [0.1, 0.15) is 17.7 Å². The minimum absolute atomic E-state index is 0. The maximum absolute atomic E-state index is 12.9. The molecule has 1 amide bonds. The van der Waals surface area contributed by atoms with Crippen molar-refractivity contribution in [2.45, 2.75) is 57.2 Å². The van der Waals surface area contributed by atoms with E-state index < -0.39 is 0 Å². The molecule has 4 atom stereocenters. The second-order valence-corrected chi connectivity index (χ2v) is 6.73. The topological polar surface area (TPSA) is 50.4 Å². The third-order valence-electron chi connectivity index (χ3n) is 4.89. The van der Waals surface area contributed by atoms with E-state index in [0.717, 1.165) is 6.42 Å². The van der Waals surface area contributed by atoms with Gasteiger partial charge in [-0.05, 0) is 56.4 Å². The summed E-state index contributed by atoms with van der Waals surface area (Å²) in [6.07, 6.45) is 5.78. The highest BCUT2D eigenvalue weighted by Crippen LogP contribution is 2.33. The Morgan fingerprint density at radius 3 is 2.75 bits per heavy atom. The fourth-order valence-electron chi connectivity index (χ4n) is 3.68. The number of benzene rings is 1. The van der Waals surface area contributed by atoms with E-state index in [4.69, 9.17) is 4.74 Å². The molecule has 1 aromatic rings. The number of nitrogens with one attached hydrogen (secondary N) is 2. The summed E-state index contributed by atoms with van der Waals surface area (Å²) in [7, 11) is 0. The first-order chi connectivity index (χ1) is 11.1. The van der Waals surface area contributed by atoms with E-state index >= 15 is 0 Å². The molecule has 3 rings (SSSR count). The van der Waals surface area contributed by atoms with Gasteiger partial charge >= 0.3 is 0 Å². The molecule has 6 heteroatoms. The van der Waals surface area contributed by atoms with Crippen LogP contribution in [0.4, 0.5) is 4.39 Å². The molecule has 0 radical (unpaired) electrons. The number of carbonyl (C=O) groups is 1. The van der Waals surface area contributed by atoms with Crippen LogP contribution in [0.25, 0.3) is 0 Å². The monoisotopic (exact) mass is 356 g/mol. The number of hydrogen-bond donors (Lipinski definition) is 2. The van der Waals surface area contributed by atoms with Crippen molar-refractivity contribution in [3.8, 4) is 5.75 Å². The lowest BCUT2D eigenvalue weighted by Crippen LogP contribution is -2.45. The molecule has 134 valence electrons. The Morgan fingerprint density at radius 1 is 1.33 bits per heavy atom. The number of carbonyl (C=O) groups excluding carboxylic acids is 1. The van der Waals surface area contributed by atoms with Crippen LogP contribution in [-0.2, 0) is 4.79 Å². The lowest BCUT2D eigenvalue weighted by molar-refractivity contribution is -0.123. The number of rotatable bonds is 5. The zero-order chi connectivity index (χ0) is 16.2. The fourth-order valence-corrected chi connectivity index (χ4v) is 3.68. The van der Waals surface area contributed by atoms with Gasteiger partial charge in [-0.15, -0.1) is 12.4 Å². The molecule has 2 fully saturated rings. The second kappa shape index (κ2) is 8.67. The quantitative estimate of drug-likeness (QED) is 0.852. The zero-order valence-corrected chi connectivity index (χ0v) is 14.8. The molecule has 1 aliphatic heterocycles. The van der Waals surface area contributed by atoms with E-state index in [-0.39, 0.29) is 36.3 Å². The van der Waals surface area contributed by atoms with Crippen LogP contribution in [0.3, 0.4) is 0 Å². The van der Waals surface area contributed by atoms with Crippen LogP contribution in [0.15, 0.2) is 24.3 Å². The van der Waals surface area contributed by atoms with Crippen molar-refractivity contribution in [1.29, 1.82) is 0 Å². The van der Waals surface area contributed by atoms with Gasteiger partial charge in [-0.2, -0.15) is 0 Å². The Labute approximate surface area is 148 Å². The highest BCUT2D eigenvalue weighted by molar-refractivity contribution is 5.85. The third kappa shape index (κ3) is 4.84. The van der Waals surface area contributed by atoms with Gasteiger partial charge in [-0.1, -0.05) is 12.8 Å². The van der Waals surface area contributed by atoms with E-state index in [1.807, 2.05) is 6.92 Å². The summed E-state index contributed by atoms with van der Waals surface area (Å²) in [5, 5.41) is 6.44. The molecule has 24 heavy (non-hydrogen) atoms.